The number of methoxy groups -OCH3 is 1. The molecule has 82 heavy (non-hydrogen) atoms. The Kier molecular flexibility index (Phi) is 3.09. The second-order valence-corrected chi connectivity index (χ2v) is 28.1. The molecule has 0 heterocycles. The second-order valence-electron chi connectivity index (χ2n) is 28.1. The highest BCUT2D eigenvalue weighted by Gasteiger charge is 2.88. The van der Waals surface area contributed by atoms with Gasteiger partial charge in [-0.1, -0.05) is 48.5 Å². The Morgan fingerprint density at radius 3 is 0.793 bits per heavy atom. The number of ether oxygens (including phenoxy) is 2. The predicted octanol–water partition coefficient (Wildman–Crippen LogP) is 19.2. The highest BCUT2D eigenvalue weighted by Crippen LogP contribution is 2.92. The van der Waals surface area contributed by atoms with Crippen LogP contribution in [0.15, 0.2) is 72.3 Å². The van der Waals surface area contributed by atoms with E-state index >= 15 is 9.59 Å². The van der Waals surface area contributed by atoms with Crippen LogP contribution >= 0.6 is 0 Å². The van der Waals surface area contributed by atoms with E-state index < -0.39 is 22.4 Å². The molecule has 0 N–H and O–H groups in total. The van der Waals surface area contributed by atoms with E-state index in [-0.39, 0.29) is 5.97 Å². The van der Waals surface area contributed by atoms with Crippen LogP contribution in [-0.4, -0.2) is 19.0 Å². The van der Waals surface area contributed by atoms with Crippen LogP contribution in [0.2, 0.25) is 0 Å². The summed E-state index contributed by atoms with van der Waals surface area (Å²) in [6, 6.07) is 20.5. The number of rotatable bonds is 4. The first-order valence-electron chi connectivity index (χ1n) is 29.6. The van der Waals surface area contributed by atoms with E-state index in [0.717, 1.165) is 11.1 Å². The number of benzene rings is 20. The van der Waals surface area contributed by atoms with Gasteiger partial charge in [-0.15, -0.1) is 0 Å². The summed E-state index contributed by atoms with van der Waals surface area (Å²) in [4.78, 5) is 31.6. The van der Waals surface area contributed by atoms with Crippen LogP contribution in [0.4, 0.5) is 0 Å². The monoisotopic (exact) mass is 1010 g/mol. The van der Waals surface area contributed by atoms with E-state index in [1.54, 1.807) is 75.4 Å². The van der Waals surface area contributed by atoms with Crippen molar-refractivity contribution < 1.29 is 19.1 Å². The zero-order chi connectivity index (χ0) is 50.1. The number of hydrogen-bond acceptors (Lipinski definition) is 4. The van der Waals surface area contributed by atoms with Crippen LogP contribution in [-0.2, 0) is 30.7 Å². The minimum atomic E-state index is -1.52. The summed E-state index contributed by atoms with van der Waals surface area (Å²) in [7, 11) is 1.53. The molecule has 0 aliphatic heterocycles. The average Bonchev–Trinajstić information content (AvgIpc) is 1.35. The van der Waals surface area contributed by atoms with Gasteiger partial charge in [0, 0.05) is 17.2 Å². The Morgan fingerprint density at radius 2 is 0.537 bits per heavy atom. The highest BCUT2D eigenvalue weighted by atomic mass is 16.6. The average molecular weight is 1010 g/mol. The van der Waals surface area contributed by atoms with E-state index in [1.165, 1.54) is 245 Å². The maximum absolute atomic E-state index is 16.2. The van der Waals surface area contributed by atoms with Crippen LogP contribution < -0.4 is 0 Å². The van der Waals surface area contributed by atoms with Crippen LogP contribution in [0, 0.1) is 0 Å². The molecule has 1 fully saturated rings. The smallest absolute Gasteiger partial charge is 0.339 e. The third-order valence-electron chi connectivity index (χ3n) is 27.5. The molecule has 30 aromatic rings. The first kappa shape index (κ1) is 32.6. The van der Waals surface area contributed by atoms with Gasteiger partial charge < -0.3 is 9.47 Å². The zero-order valence-electron chi connectivity index (χ0n) is 42.0. The Morgan fingerprint density at radius 1 is 0.305 bits per heavy atom. The topological polar surface area (TPSA) is 52.6 Å². The number of carbonyl (C=O) groups is 2. The van der Waals surface area contributed by atoms with Gasteiger partial charge in [-0.2, -0.15) is 0 Å². The zero-order valence-corrected chi connectivity index (χ0v) is 42.0. The molecule has 1 atom stereocenters. The van der Waals surface area contributed by atoms with Crippen molar-refractivity contribution in [3.63, 3.8) is 0 Å². The van der Waals surface area contributed by atoms with E-state index in [0.29, 0.717) is 5.56 Å². The number of hydrogen-bond donors (Lipinski definition) is 0. The van der Waals surface area contributed by atoms with E-state index in [4.69, 9.17) is 9.47 Å². The molecule has 5 aliphatic carbocycles. The number of esters is 2. The third-order valence-corrected chi connectivity index (χ3v) is 27.5. The lowest BCUT2D eigenvalue weighted by Gasteiger charge is -2.73. The summed E-state index contributed by atoms with van der Waals surface area (Å²) in [6.45, 7) is 0. The minimum Gasteiger partial charge on any atom is -0.466 e. The molecule has 1 unspecified atom stereocenters. The summed E-state index contributed by atoms with van der Waals surface area (Å²) in [5, 5.41) is 80.8. The largest absolute Gasteiger partial charge is 0.466 e. The molecule has 2 spiro atoms. The molecular formula is C78H14O4. The maximum atomic E-state index is 16.2. The van der Waals surface area contributed by atoms with Crippen molar-refractivity contribution in [1.82, 2.24) is 0 Å². The maximum Gasteiger partial charge on any atom is 0.339 e. The molecule has 0 saturated heterocycles. The molecule has 4 heteroatoms. The Labute approximate surface area is 448 Å². The third kappa shape index (κ3) is 1.85. The van der Waals surface area contributed by atoms with Crippen LogP contribution in [0.25, 0.3) is 291 Å². The molecule has 5 aliphatic rings. The lowest BCUT2D eigenvalue weighted by molar-refractivity contribution is -0.136. The fourth-order valence-electron chi connectivity index (χ4n) is 27.1. The highest BCUT2D eigenvalue weighted by molar-refractivity contribution is 6.82. The summed E-state index contributed by atoms with van der Waals surface area (Å²) >= 11 is 0. The minimum absolute atomic E-state index is 0.382. The molecule has 0 radical (unpaired) electrons. The normalized spacial score (nSPS) is 23.0. The summed E-state index contributed by atoms with van der Waals surface area (Å²) in [5.41, 5.74) is 4.16. The molecular weight excluding hydrogens is 1000 g/mol. The first-order valence-corrected chi connectivity index (χ1v) is 29.6. The van der Waals surface area contributed by atoms with Gasteiger partial charge in [0.15, 0.2) is 5.60 Å². The molecule has 0 aromatic heterocycles. The lowest BCUT2D eigenvalue weighted by atomic mass is 9.29. The standard InChI is InChI=1S/C78H14O4/c1-81-16(79)12-15-76-71-63-55-45-35-27-19-17-18-21-25-23(19)31-39-33(25)43-37-29(21)30-22(18)26-24-20(17)28(27)36-42-32(24)40-34(26)44-38(30)48-47(37)59-53(43)61-51(39)57(49(55)41(31)35)65(71)67(61)73-69(59)70-60(48)54(44)62-52(40)58-50(42)56(46(36)45)64(63)72(76)66(58)68(62)74(70)77(73,76)78(15,14-10-6-3-7-11-14)82-75(80)13-8-4-2-5-9-13/h2-12H,1H3/b15-12-. The SMILES string of the molecule is COC(=O)/C=C1\C(OC(=O)c2ccccc2)(c2ccccc2)C23c4c5c6c7c8c9c(c%10c%11c2c2c4c4c%12c5c5c6c6c8c8c%13c9c9c%10c%10c%11c%11c2c2c4c4c%12c%12c5c5c6c8c6c8c%13c9c9c%10c%10c%11c2c2c4c4c%12c5c6c5c8c9c%10c2c45)C173. The fourth-order valence-corrected chi connectivity index (χ4v) is 27.1. The van der Waals surface area contributed by atoms with E-state index in [2.05, 4.69) is 30.3 Å². The predicted molar refractivity (Wildman–Crippen MR) is 334 cm³/mol. The van der Waals surface area contributed by atoms with E-state index in [9.17, 15) is 0 Å². The fraction of sp³-hybridized carbons (Fsp3) is 0.0513. The van der Waals surface area contributed by atoms with Gasteiger partial charge in [0.2, 0.25) is 0 Å². The van der Waals surface area contributed by atoms with Crippen molar-refractivity contribution in [2.45, 2.75) is 16.4 Å². The molecule has 30 aromatic carbocycles. The second kappa shape index (κ2) is 7.78. The number of carbonyl (C=O) groups excluding carboxylic acids is 2. The van der Waals surface area contributed by atoms with Crippen LogP contribution in [0.3, 0.4) is 0 Å². The van der Waals surface area contributed by atoms with Gasteiger partial charge in [-0.05, 0) is 325 Å². The molecule has 0 amide bonds. The molecule has 4 nitrogen and oxygen atoms in total. The quantitative estimate of drug-likeness (QED) is 0.100. The van der Waals surface area contributed by atoms with Gasteiger partial charge in [-0.25, -0.2) is 9.59 Å². The molecule has 1 saturated carbocycles. The van der Waals surface area contributed by atoms with Gasteiger partial charge in [-0.3, -0.25) is 0 Å². The van der Waals surface area contributed by atoms with Crippen molar-refractivity contribution >= 4 is 303 Å². The van der Waals surface area contributed by atoms with Crippen molar-refractivity contribution in [3.8, 4) is 0 Å². The summed E-state index contributed by atoms with van der Waals surface area (Å²) in [6.07, 6.45) is 1.86. The lowest BCUT2D eigenvalue weighted by Crippen LogP contribution is -2.77. The van der Waals surface area contributed by atoms with Crippen molar-refractivity contribution in [1.29, 1.82) is 0 Å². The molecule has 0 bridgehead atoms. The van der Waals surface area contributed by atoms with Crippen molar-refractivity contribution in [2.75, 3.05) is 7.11 Å². The summed E-state index contributed by atoms with van der Waals surface area (Å²) < 4.78 is 14.1. The van der Waals surface area contributed by atoms with Crippen molar-refractivity contribution in [2.24, 2.45) is 0 Å². The summed E-state index contributed by atoms with van der Waals surface area (Å²) in [5.74, 6) is -0.800. The van der Waals surface area contributed by atoms with Gasteiger partial charge in [0.25, 0.3) is 0 Å². The van der Waals surface area contributed by atoms with Gasteiger partial charge >= 0.3 is 11.9 Å². The molecule has 35 rings (SSSR count). The van der Waals surface area contributed by atoms with E-state index in [1.807, 2.05) is 36.4 Å². The molecule has 350 valence electrons. The first-order chi connectivity index (χ1) is 40.7. The Hall–Kier alpha value is -10.4. The van der Waals surface area contributed by atoms with Crippen molar-refractivity contribution in [3.05, 3.63) is 106 Å². The Bertz CT molecular complexity index is 7960. The van der Waals surface area contributed by atoms with Crippen LogP contribution in [0.5, 0.6) is 0 Å². The van der Waals surface area contributed by atoms with Gasteiger partial charge in [0.1, 0.15) is 0 Å². The Balaban J connectivity index is 1.06. The van der Waals surface area contributed by atoms with Gasteiger partial charge in [0.05, 0.1) is 23.5 Å². The van der Waals surface area contributed by atoms with Crippen LogP contribution in [0.1, 0.15) is 38.2 Å².